The van der Waals surface area contributed by atoms with Crippen LogP contribution < -0.4 is 10.6 Å². The zero-order valence-electron chi connectivity index (χ0n) is 23.2. The summed E-state index contributed by atoms with van der Waals surface area (Å²) in [7, 11) is 3.56. The Morgan fingerprint density at radius 1 is 1.12 bits per heavy atom. The number of hydrogen-bond acceptors (Lipinski definition) is 6. The van der Waals surface area contributed by atoms with Crippen molar-refractivity contribution in [3.05, 3.63) is 77.5 Å². The molecule has 2 N–H and O–H groups in total. The van der Waals surface area contributed by atoms with Crippen LogP contribution in [0.1, 0.15) is 31.0 Å². The molecule has 3 heterocycles. The Bertz CT molecular complexity index is 1400. The minimum absolute atomic E-state index is 0.223. The second kappa shape index (κ2) is 11.3. The van der Waals surface area contributed by atoms with Gasteiger partial charge in [0, 0.05) is 51.5 Å². The minimum Gasteiger partial charge on any atom is -0.383 e. The molecule has 11 heteroatoms. The van der Waals surface area contributed by atoms with Gasteiger partial charge in [-0.25, -0.2) is 18.3 Å². The van der Waals surface area contributed by atoms with Crippen LogP contribution in [0.15, 0.2) is 59.7 Å². The second-order valence-corrected chi connectivity index (χ2v) is 10.7. The number of para-hydroxylation sites is 1. The van der Waals surface area contributed by atoms with E-state index in [9.17, 15) is 13.6 Å². The fourth-order valence-corrected chi connectivity index (χ4v) is 5.58. The van der Waals surface area contributed by atoms with E-state index >= 15 is 0 Å². The van der Waals surface area contributed by atoms with E-state index in [2.05, 4.69) is 27.6 Å². The number of nitrogens with one attached hydrogen (secondary N) is 2. The second-order valence-electron chi connectivity index (χ2n) is 10.7. The van der Waals surface area contributed by atoms with Crippen molar-refractivity contribution in [3.8, 4) is 5.69 Å². The summed E-state index contributed by atoms with van der Waals surface area (Å²) in [5, 5.41) is 17.4. The maximum atomic E-state index is 14.1. The third-order valence-corrected chi connectivity index (χ3v) is 7.88. The first-order valence-corrected chi connectivity index (χ1v) is 13.3. The van der Waals surface area contributed by atoms with E-state index in [1.807, 2.05) is 55.4 Å². The number of amides is 2. The lowest BCUT2D eigenvalue weighted by Gasteiger charge is -2.22. The molecule has 3 atom stereocenters. The molecule has 2 amide bonds. The summed E-state index contributed by atoms with van der Waals surface area (Å²) in [5.74, 6) is -1.51. The summed E-state index contributed by atoms with van der Waals surface area (Å²) in [6, 6.07) is 14.7. The van der Waals surface area contributed by atoms with Gasteiger partial charge in [0.15, 0.2) is 11.6 Å². The molecular weight excluding hydrogens is 516 g/mol. The molecule has 9 nitrogen and oxygen atoms in total. The van der Waals surface area contributed by atoms with Crippen molar-refractivity contribution in [2.45, 2.75) is 31.2 Å². The molecule has 1 saturated heterocycles. The molecule has 0 saturated carbocycles. The molecular formula is C29H35F2N7O2. The Morgan fingerprint density at radius 2 is 1.90 bits per heavy atom. The Kier molecular flexibility index (Phi) is 7.86. The van der Waals surface area contributed by atoms with Crippen molar-refractivity contribution < 1.29 is 18.3 Å². The number of aromatic nitrogens is 2. The molecule has 40 heavy (non-hydrogen) atoms. The van der Waals surface area contributed by atoms with Gasteiger partial charge in [-0.1, -0.05) is 24.3 Å². The summed E-state index contributed by atoms with van der Waals surface area (Å²) >= 11 is 0. The largest absolute Gasteiger partial charge is 0.383 e. The number of likely N-dealkylation sites (N-methyl/N-ethyl adjacent to an activating group) is 1. The molecule has 3 aromatic rings. The standard InChI is InChI=1S/C29H35F2N7O2/c1-19-29(2,18-36(3)34-19)26-15-27(38(35-26)21-8-6-5-7-9-21)33-28(39)32-25-17-37(12-13-40-4)16-22(25)20-10-11-23(30)24(31)14-20/h5-11,14-15,22,25H,12-13,16-18H2,1-4H3,(H2,32,33,39)/t22-,25+,29?/m0/s1. The lowest BCUT2D eigenvalue weighted by Crippen LogP contribution is -2.42. The summed E-state index contributed by atoms with van der Waals surface area (Å²) < 4.78 is 34.7. The average Bonchev–Trinajstić information content (AvgIpc) is 3.60. The van der Waals surface area contributed by atoms with Crippen LogP contribution in [0.4, 0.5) is 19.4 Å². The van der Waals surface area contributed by atoms with Crippen LogP contribution in [-0.4, -0.2) is 84.4 Å². The monoisotopic (exact) mass is 551 g/mol. The number of halogens is 2. The number of rotatable bonds is 8. The highest BCUT2D eigenvalue weighted by Gasteiger charge is 2.40. The van der Waals surface area contributed by atoms with Gasteiger partial charge in [-0.15, -0.1) is 0 Å². The summed E-state index contributed by atoms with van der Waals surface area (Å²) in [4.78, 5) is 15.6. The molecule has 2 aliphatic rings. The third-order valence-electron chi connectivity index (χ3n) is 7.88. The predicted octanol–water partition coefficient (Wildman–Crippen LogP) is 3.97. The van der Waals surface area contributed by atoms with E-state index in [1.54, 1.807) is 17.9 Å². The number of likely N-dealkylation sites (tertiary alicyclic amines) is 1. The van der Waals surface area contributed by atoms with Crippen molar-refractivity contribution in [1.82, 2.24) is 25.0 Å². The van der Waals surface area contributed by atoms with Crippen molar-refractivity contribution in [1.29, 1.82) is 0 Å². The molecule has 0 aliphatic carbocycles. The van der Waals surface area contributed by atoms with Crippen molar-refractivity contribution in [2.75, 3.05) is 52.3 Å². The maximum Gasteiger partial charge on any atom is 0.320 e. The molecule has 0 radical (unpaired) electrons. The van der Waals surface area contributed by atoms with Crippen LogP contribution in [0.5, 0.6) is 0 Å². The first-order valence-electron chi connectivity index (χ1n) is 13.3. The molecule has 1 unspecified atom stereocenters. The summed E-state index contributed by atoms with van der Waals surface area (Å²) in [6.07, 6.45) is 0. The van der Waals surface area contributed by atoms with E-state index in [0.717, 1.165) is 23.2 Å². The van der Waals surface area contributed by atoms with Crippen LogP contribution in [0, 0.1) is 11.6 Å². The van der Waals surface area contributed by atoms with E-state index in [-0.39, 0.29) is 12.0 Å². The number of hydrazone groups is 1. The van der Waals surface area contributed by atoms with Gasteiger partial charge < -0.3 is 10.1 Å². The van der Waals surface area contributed by atoms with E-state index in [1.165, 1.54) is 6.07 Å². The van der Waals surface area contributed by atoms with Gasteiger partial charge in [0.05, 0.1) is 36.0 Å². The van der Waals surface area contributed by atoms with Crippen LogP contribution in [-0.2, 0) is 10.2 Å². The van der Waals surface area contributed by atoms with Gasteiger partial charge in [-0.2, -0.15) is 10.2 Å². The third kappa shape index (κ3) is 5.57. The number of benzene rings is 2. The minimum atomic E-state index is -0.903. The number of ether oxygens (including phenoxy) is 1. The molecule has 0 bridgehead atoms. The Morgan fingerprint density at radius 3 is 2.58 bits per heavy atom. The molecule has 2 aliphatic heterocycles. The molecule has 0 spiro atoms. The fourth-order valence-electron chi connectivity index (χ4n) is 5.58. The topological polar surface area (TPSA) is 87.0 Å². The van der Waals surface area contributed by atoms with Gasteiger partial charge >= 0.3 is 6.03 Å². The molecule has 2 aromatic carbocycles. The lowest BCUT2D eigenvalue weighted by molar-refractivity contribution is 0.159. The van der Waals surface area contributed by atoms with Crippen LogP contribution in [0.2, 0.25) is 0 Å². The number of anilines is 1. The molecule has 212 valence electrons. The van der Waals surface area contributed by atoms with Gasteiger partial charge in [0.1, 0.15) is 5.82 Å². The Hall–Kier alpha value is -3.83. The zero-order chi connectivity index (χ0) is 28.4. The number of carbonyl (C=O) groups is 1. The van der Waals surface area contributed by atoms with Crippen LogP contribution in [0.3, 0.4) is 0 Å². The van der Waals surface area contributed by atoms with E-state index < -0.39 is 23.1 Å². The predicted molar refractivity (Wildman–Crippen MR) is 150 cm³/mol. The fraction of sp³-hybridized carbons (Fsp3) is 0.414. The Balaban J connectivity index is 1.40. The van der Waals surface area contributed by atoms with E-state index in [0.29, 0.717) is 44.2 Å². The highest BCUT2D eigenvalue weighted by atomic mass is 19.2. The highest BCUT2D eigenvalue weighted by Crippen LogP contribution is 2.33. The zero-order valence-corrected chi connectivity index (χ0v) is 23.2. The molecule has 5 rings (SSSR count). The van der Waals surface area contributed by atoms with E-state index in [4.69, 9.17) is 9.84 Å². The Labute approximate surface area is 232 Å². The average molecular weight is 552 g/mol. The highest BCUT2D eigenvalue weighted by molar-refractivity contribution is 5.94. The van der Waals surface area contributed by atoms with Gasteiger partial charge in [-0.05, 0) is 43.7 Å². The first kappa shape index (κ1) is 27.7. The lowest BCUT2D eigenvalue weighted by atomic mass is 9.83. The quantitative estimate of drug-likeness (QED) is 0.443. The summed E-state index contributed by atoms with van der Waals surface area (Å²) in [5.41, 5.74) is 2.77. The van der Waals surface area contributed by atoms with Crippen molar-refractivity contribution in [2.24, 2.45) is 5.10 Å². The summed E-state index contributed by atoms with van der Waals surface area (Å²) in [6.45, 7) is 7.06. The molecule has 1 fully saturated rings. The normalized spacial score (nSPS) is 22.9. The van der Waals surface area contributed by atoms with Crippen molar-refractivity contribution >= 4 is 17.6 Å². The van der Waals surface area contributed by atoms with Gasteiger partial charge in [0.2, 0.25) is 0 Å². The smallest absolute Gasteiger partial charge is 0.320 e. The van der Waals surface area contributed by atoms with Gasteiger partial charge in [-0.3, -0.25) is 15.2 Å². The van der Waals surface area contributed by atoms with Crippen molar-refractivity contribution in [3.63, 3.8) is 0 Å². The first-order chi connectivity index (χ1) is 19.2. The molecule has 1 aromatic heterocycles. The van der Waals surface area contributed by atoms with Gasteiger partial charge in [0.25, 0.3) is 0 Å². The van der Waals surface area contributed by atoms with Crippen LogP contribution >= 0.6 is 0 Å². The number of hydrogen-bond donors (Lipinski definition) is 2. The van der Waals surface area contributed by atoms with Crippen LogP contribution in [0.25, 0.3) is 5.69 Å². The SMILES string of the molecule is COCCN1C[C@@H](NC(=O)Nc2cc(C3(C)CN(C)N=C3C)nn2-c2ccccc2)[C@H](c2ccc(F)c(F)c2)C1. The number of methoxy groups -OCH3 is 1. The number of urea groups is 1. The maximum absolute atomic E-state index is 14.1. The number of carbonyl (C=O) groups excluding carboxylic acids is 1. The number of nitrogens with zero attached hydrogens (tertiary/aromatic N) is 5.